The van der Waals surface area contributed by atoms with Crippen molar-refractivity contribution in [2.45, 2.75) is 85.5 Å². The monoisotopic (exact) mass is 316 g/mol. The molecule has 0 aromatic carbocycles. The summed E-state index contributed by atoms with van der Waals surface area (Å²) in [6.07, 6.45) is 12.7. The van der Waals surface area contributed by atoms with E-state index < -0.39 is 0 Å². The minimum atomic E-state index is 0.296. The lowest BCUT2D eigenvalue weighted by Crippen LogP contribution is -2.55. The number of ketones is 1. The van der Waals surface area contributed by atoms with E-state index in [0.29, 0.717) is 22.5 Å². The fourth-order valence-electron chi connectivity index (χ4n) is 8.29. The smallest absolute Gasteiger partial charge is 0.133 e. The predicted octanol–water partition coefficient (Wildman–Crippen LogP) is 5.87. The molecule has 1 heteroatoms. The molecule has 8 atom stereocenters. The van der Waals surface area contributed by atoms with E-state index in [9.17, 15) is 4.79 Å². The van der Waals surface area contributed by atoms with Gasteiger partial charge in [0.05, 0.1) is 0 Å². The van der Waals surface area contributed by atoms with Crippen molar-refractivity contribution in [2.24, 2.45) is 46.3 Å². The summed E-state index contributed by atoms with van der Waals surface area (Å²) in [7, 11) is 0. The summed E-state index contributed by atoms with van der Waals surface area (Å²) in [5, 5.41) is 0. The standard InChI is InChI=1S/C22H36O/c1-14-13-20-17(9-8-16-7-5-6-12-21(16,20)3)19-11-10-18(15(2)23)22(14,19)4/h14,16-20H,5-13H2,1-4H3. The first-order valence-electron chi connectivity index (χ1n) is 10.4. The maximum absolute atomic E-state index is 12.3. The van der Waals surface area contributed by atoms with Crippen LogP contribution in [0.25, 0.3) is 0 Å². The van der Waals surface area contributed by atoms with Crippen LogP contribution >= 0.6 is 0 Å². The molecule has 0 saturated heterocycles. The Balaban J connectivity index is 1.68. The van der Waals surface area contributed by atoms with Crippen molar-refractivity contribution < 1.29 is 4.79 Å². The van der Waals surface area contributed by atoms with Crippen molar-refractivity contribution in [3.05, 3.63) is 0 Å². The van der Waals surface area contributed by atoms with Gasteiger partial charge in [0.25, 0.3) is 0 Å². The number of carbonyl (C=O) groups is 1. The van der Waals surface area contributed by atoms with Gasteiger partial charge in [-0.15, -0.1) is 0 Å². The molecule has 4 aliphatic carbocycles. The molecule has 4 rings (SSSR count). The third-order valence-corrected chi connectivity index (χ3v) is 9.66. The number of hydrogen-bond donors (Lipinski definition) is 0. The summed E-state index contributed by atoms with van der Waals surface area (Å²) >= 11 is 0. The first-order valence-corrected chi connectivity index (χ1v) is 10.4. The summed E-state index contributed by atoms with van der Waals surface area (Å²) < 4.78 is 0. The van der Waals surface area contributed by atoms with Gasteiger partial charge in [-0.3, -0.25) is 4.79 Å². The third-order valence-electron chi connectivity index (χ3n) is 9.66. The topological polar surface area (TPSA) is 17.1 Å². The Labute approximate surface area is 143 Å². The molecule has 130 valence electrons. The van der Waals surface area contributed by atoms with Crippen LogP contribution in [-0.4, -0.2) is 5.78 Å². The van der Waals surface area contributed by atoms with Crippen LogP contribution in [-0.2, 0) is 4.79 Å². The second-order valence-corrected chi connectivity index (χ2v) is 10.1. The lowest BCUT2D eigenvalue weighted by molar-refractivity contribution is -0.145. The molecule has 4 fully saturated rings. The molecule has 4 aliphatic rings. The van der Waals surface area contributed by atoms with Crippen LogP contribution in [0.15, 0.2) is 0 Å². The highest BCUT2D eigenvalue weighted by Crippen LogP contribution is 2.68. The Bertz CT molecular complexity index is 496. The van der Waals surface area contributed by atoms with E-state index in [2.05, 4.69) is 20.8 Å². The SMILES string of the molecule is CC(=O)C1CCC2C3CCC4CCCCC4(C)C3CC(C)C12C. The Morgan fingerprint density at radius 3 is 2.48 bits per heavy atom. The summed E-state index contributed by atoms with van der Waals surface area (Å²) in [6.45, 7) is 9.49. The van der Waals surface area contributed by atoms with Gasteiger partial charge in [0, 0.05) is 5.92 Å². The molecular formula is C22H36O. The van der Waals surface area contributed by atoms with Crippen LogP contribution < -0.4 is 0 Å². The van der Waals surface area contributed by atoms with Gasteiger partial charge in [-0.2, -0.15) is 0 Å². The molecule has 0 aromatic heterocycles. The van der Waals surface area contributed by atoms with Gasteiger partial charge in [0.2, 0.25) is 0 Å². The molecule has 4 saturated carbocycles. The lowest BCUT2D eigenvalue weighted by Gasteiger charge is -2.62. The molecule has 0 aliphatic heterocycles. The van der Waals surface area contributed by atoms with Gasteiger partial charge in [0.1, 0.15) is 5.78 Å². The number of rotatable bonds is 1. The predicted molar refractivity (Wildman–Crippen MR) is 95.1 cm³/mol. The molecule has 0 radical (unpaired) electrons. The van der Waals surface area contributed by atoms with E-state index in [4.69, 9.17) is 0 Å². The zero-order valence-electron chi connectivity index (χ0n) is 15.7. The Kier molecular flexibility index (Phi) is 3.75. The minimum absolute atomic E-state index is 0.296. The zero-order valence-corrected chi connectivity index (χ0v) is 15.7. The Hall–Kier alpha value is -0.330. The minimum Gasteiger partial charge on any atom is -0.300 e. The van der Waals surface area contributed by atoms with Crippen LogP contribution in [0.4, 0.5) is 0 Å². The van der Waals surface area contributed by atoms with Gasteiger partial charge >= 0.3 is 0 Å². The largest absolute Gasteiger partial charge is 0.300 e. The molecule has 0 amide bonds. The fourth-order valence-corrected chi connectivity index (χ4v) is 8.29. The maximum Gasteiger partial charge on any atom is 0.133 e. The van der Waals surface area contributed by atoms with Gasteiger partial charge in [0.15, 0.2) is 0 Å². The highest BCUT2D eigenvalue weighted by atomic mass is 16.1. The van der Waals surface area contributed by atoms with Crippen LogP contribution in [0.2, 0.25) is 0 Å². The van der Waals surface area contributed by atoms with Gasteiger partial charge in [-0.1, -0.05) is 33.6 Å². The molecule has 0 heterocycles. The van der Waals surface area contributed by atoms with E-state index in [1.165, 1.54) is 57.8 Å². The quantitative estimate of drug-likeness (QED) is 0.591. The molecule has 8 unspecified atom stereocenters. The van der Waals surface area contributed by atoms with E-state index in [1.54, 1.807) is 0 Å². The zero-order chi connectivity index (χ0) is 16.4. The van der Waals surface area contributed by atoms with Gasteiger partial charge < -0.3 is 0 Å². The fraction of sp³-hybridized carbons (Fsp3) is 0.955. The van der Waals surface area contributed by atoms with Crippen molar-refractivity contribution >= 4 is 5.78 Å². The highest BCUT2D eigenvalue weighted by Gasteiger charge is 2.62. The molecule has 1 nitrogen and oxygen atoms in total. The normalized spacial score (nSPS) is 55.7. The van der Waals surface area contributed by atoms with E-state index in [-0.39, 0.29) is 0 Å². The van der Waals surface area contributed by atoms with Crippen LogP contribution in [0.3, 0.4) is 0 Å². The second kappa shape index (κ2) is 5.33. The first-order chi connectivity index (χ1) is 10.9. The molecular weight excluding hydrogens is 280 g/mol. The van der Waals surface area contributed by atoms with Crippen molar-refractivity contribution in [1.82, 2.24) is 0 Å². The maximum atomic E-state index is 12.3. The molecule has 0 aromatic rings. The van der Waals surface area contributed by atoms with E-state index >= 15 is 0 Å². The summed E-state index contributed by atoms with van der Waals surface area (Å²) in [4.78, 5) is 12.3. The molecule has 23 heavy (non-hydrogen) atoms. The van der Waals surface area contributed by atoms with Crippen LogP contribution in [0.5, 0.6) is 0 Å². The second-order valence-electron chi connectivity index (χ2n) is 10.1. The number of fused-ring (bicyclic) bond motifs is 5. The van der Waals surface area contributed by atoms with Crippen molar-refractivity contribution in [3.63, 3.8) is 0 Å². The average Bonchev–Trinajstić information content (AvgIpc) is 2.87. The van der Waals surface area contributed by atoms with Crippen molar-refractivity contribution in [2.75, 3.05) is 0 Å². The van der Waals surface area contributed by atoms with Gasteiger partial charge in [-0.25, -0.2) is 0 Å². The van der Waals surface area contributed by atoms with Gasteiger partial charge in [-0.05, 0) is 92.3 Å². The van der Waals surface area contributed by atoms with Crippen molar-refractivity contribution in [3.8, 4) is 0 Å². The highest BCUT2D eigenvalue weighted by molar-refractivity contribution is 5.79. The molecule has 0 bridgehead atoms. The number of carbonyl (C=O) groups excluding carboxylic acids is 1. The number of hydrogen-bond acceptors (Lipinski definition) is 1. The third kappa shape index (κ3) is 2.07. The molecule has 0 N–H and O–H groups in total. The lowest BCUT2D eigenvalue weighted by atomic mass is 9.43. The Morgan fingerprint density at radius 2 is 1.74 bits per heavy atom. The number of Topliss-reactive ketones (excluding diaryl/α,β-unsaturated/α-hetero) is 1. The summed E-state index contributed by atoms with van der Waals surface area (Å²) in [5.74, 6) is 5.23. The first kappa shape index (κ1) is 16.2. The van der Waals surface area contributed by atoms with Crippen LogP contribution in [0.1, 0.15) is 85.5 Å². The van der Waals surface area contributed by atoms with Crippen LogP contribution in [0, 0.1) is 46.3 Å². The van der Waals surface area contributed by atoms with E-state index in [0.717, 1.165) is 29.6 Å². The summed E-state index contributed by atoms with van der Waals surface area (Å²) in [5.41, 5.74) is 0.913. The summed E-state index contributed by atoms with van der Waals surface area (Å²) in [6, 6.07) is 0. The average molecular weight is 317 g/mol. The molecule has 0 spiro atoms. The van der Waals surface area contributed by atoms with Crippen molar-refractivity contribution in [1.29, 1.82) is 0 Å². The Morgan fingerprint density at radius 1 is 0.957 bits per heavy atom. The van der Waals surface area contributed by atoms with E-state index in [1.807, 2.05) is 6.92 Å².